The van der Waals surface area contributed by atoms with Gasteiger partial charge in [0.2, 0.25) is 0 Å². The highest BCUT2D eigenvalue weighted by Crippen LogP contribution is 2.06. The molecule has 0 aliphatic carbocycles. The van der Waals surface area contributed by atoms with E-state index in [1.54, 1.807) is 25.4 Å². The molecule has 0 saturated carbocycles. The second kappa shape index (κ2) is 4.11. The number of H-pyrrole nitrogens is 2. The summed E-state index contributed by atoms with van der Waals surface area (Å²) >= 11 is 0. The first-order valence-corrected chi connectivity index (χ1v) is 6.19. The minimum atomic E-state index is -3.50. The Kier molecular flexibility index (Phi) is 2.80. The third kappa shape index (κ3) is 2.31. The highest BCUT2D eigenvalue weighted by atomic mass is 32.2. The lowest BCUT2D eigenvalue weighted by molar-refractivity contribution is 0.578. The molecule has 0 aliphatic rings. The monoisotopic (exact) mass is 240 g/mol. The van der Waals surface area contributed by atoms with Gasteiger partial charge in [-0.25, -0.2) is 18.1 Å². The fraction of sp³-hybridized carbons (Fsp3) is 0.222. The van der Waals surface area contributed by atoms with Gasteiger partial charge in [-0.15, -0.1) is 0 Å². The maximum atomic E-state index is 11.7. The van der Waals surface area contributed by atoms with Gasteiger partial charge in [0.25, 0.3) is 10.0 Å². The second-order valence-electron chi connectivity index (χ2n) is 3.38. The lowest BCUT2D eigenvalue weighted by Gasteiger charge is -2.02. The lowest BCUT2D eigenvalue weighted by atomic mass is 10.4. The van der Waals surface area contributed by atoms with Crippen molar-refractivity contribution in [2.45, 2.75) is 18.5 Å². The molecular weight excluding hydrogens is 228 g/mol. The molecular formula is C9H12N4O2S. The summed E-state index contributed by atoms with van der Waals surface area (Å²) in [5.74, 6) is 0.571. The van der Waals surface area contributed by atoms with Crippen LogP contribution in [0.2, 0.25) is 0 Å². The van der Waals surface area contributed by atoms with Crippen molar-refractivity contribution in [3.8, 4) is 0 Å². The number of imidazole rings is 1. The summed E-state index contributed by atoms with van der Waals surface area (Å²) in [4.78, 5) is 9.38. The number of aromatic amines is 2. The Bertz CT molecular complexity index is 556. The van der Waals surface area contributed by atoms with Gasteiger partial charge in [0, 0.05) is 18.9 Å². The van der Waals surface area contributed by atoms with Gasteiger partial charge in [-0.05, 0) is 18.6 Å². The van der Waals surface area contributed by atoms with Crippen molar-refractivity contribution in [3.63, 3.8) is 0 Å². The van der Waals surface area contributed by atoms with Crippen LogP contribution in [0, 0.1) is 6.92 Å². The molecule has 3 N–H and O–H groups in total. The highest BCUT2D eigenvalue weighted by molar-refractivity contribution is 7.89. The van der Waals surface area contributed by atoms with E-state index in [1.807, 2.05) is 0 Å². The minimum Gasteiger partial charge on any atom is -0.367 e. The zero-order chi connectivity index (χ0) is 11.6. The molecule has 2 rings (SSSR count). The Morgan fingerprint density at radius 3 is 2.88 bits per heavy atom. The molecule has 0 spiro atoms. The van der Waals surface area contributed by atoms with Gasteiger partial charge in [0.05, 0.1) is 6.20 Å². The molecule has 0 aromatic carbocycles. The van der Waals surface area contributed by atoms with Gasteiger partial charge in [-0.1, -0.05) is 0 Å². The predicted octanol–water partition coefficient (Wildman–Crippen LogP) is 0.525. The standard InChI is InChI=1S/C9H12N4O2S/c1-7-11-6-9(13-7)16(14,15)12-5-8-2-3-10-4-8/h2-4,6,10,12H,5H2,1H3,(H,11,13). The average Bonchev–Trinajstić information content (AvgIpc) is 2.85. The van der Waals surface area contributed by atoms with Crippen LogP contribution >= 0.6 is 0 Å². The highest BCUT2D eigenvalue weighted by Gasteiger charge is 2.15. The topological polar surface area (TPSA) is 90.6 Å². The predicted molar refractivity (Wildman–Crippen MR) is 58.1 cm³/mol. The Morgan fingerprint density at radius 2 is 2.31 bits per heavy atom. The van der Waals surface area contributed by atoms with Crippen molar-refractivity contribution in [1.29, 1.82) is 0 Å². The number of rotatable bonds is 4. The van der Waals surface area contributed by atoms with Gasteiger partial charge in [0.1, 0.15) is 5.82 Å². The number of hydrogen-bond donors (Lipinski definition) is 3. The Labute approximate surface area is 93.2 Å². The molecule has 0 radical (unpaired) electrons. The number of aromatic nitrogens is 3. The third-order valence-electron chi connectivity index (χ3n) is 2.10. The molecule has 2 aromatic rings. The molecule has 0 bridgehead atoms. The van der Waals surface area contributed by atoms with Crippen molar-refractivity contribution in [1.82, 2.24) is 19.7 Å². The summed E-state index contributed by atoms with van der Waals surface area (Å²) in [7, 11) is -3.50. The zero-order valence-corrected chi connectivity index (χ0v) is 9.50. The first-order chi connectivity index (χ1) is 7.58. The number of aryl methyl sites for hydroxylation is 1. The van der Waals surface area contributed by atoms with Crippen LogP contribution < -0.4 is 4.72 Å². The molecule has 0 saturated heterocycles. The lowest BCUT2D eigenvalue weighted by Crippen LogP contribution is -2.23. The van der Waals surface area contributed by atoms with E-state index in [1.165, 1.54) is 6.20 Å². The summed E-state index contributed by atoms with van der Waals surface area (Å²) < 4.78 is 26.0. The van der Waals surface area contributed by atoms with Crippen LogP contribution in [0.1, 0.15) is 11.4 Å². The smallest absolute Gasteiger partial charge is 0.257 e. The molecule has 7 heteroatoms. The van der Waals surface area contributed by atoms with Crippen LogP contribution in [0.5, 0.6) is 0 Å². The van der Waals surface area contributed by atoms with Crippen LogP contribution in [0.4, 0.5) is 0 Å². The molecule has 0 amide bonds. The largest absolute Gasteiger partial charge is 0.367 e. The SMILES string of the molecule is Cc1ncc(S(=O)(=O)NCc2cc[nH]c2)[nH]1. The number of sulfonamides is 1. The van der Waals surface area contributed by atoms with E-state index in [0.717, 1.165) is 5.56 Å². The molecule has 0 fully saturated rings. The van der Waals surface area contributed by atoms with Crippen LogP contribution in [-0.2, 0) is 16.6 Å². The van der Waals surface area contributed by atoms with E-state index < -0.39 is 10.0 Å². The van der Waals surface area contributed by atoms with Crippen LogP contribution in [0.25, 0.3) is 0 Å². The molecule has 2 aromatic heterocycles. The van der Waals surface area contributed by atoms with E-state index >= 15 is 0 Å². The third-order valence-corrected chi connectivity index (χ3v) is 3.41. The minimum absolute atomic E-state index is 0.0838. The van der Waals surface area contributed by atoms with Gasteiger partial charge in [0.15, 0.2) is 5.03 Å². The van der Waals surface area contributed by atoms with Crippen molar-refractivity contribution >= 4 is 10.0 Å². The van der Waals surface area contributed by atoms with Crippen LogP contribution in [0.15, 0.2) is 29.7 Å². The zero-order valence-electron chi connectivity index (χ0n) is 8.69. The second-order valence-corrected chi connectivity index (χ2v) is 5.11. The molecule has 86 valence electrons. The normalized spacial score (nSPS) is 11.8. The summed E-state index contributed by atoms with van der Waals surface area (Å²) in [6.07, 6.45) is 4.78. The van der Waals surface area contributed by atoms with Gasteiger partial charge in [-0.3, -0.25) is 0 Å². The van der Waals surface area contributed by atoms with Crippen LogP contribution in [-0.4, -0.2) is 23.4 Å². The summed E-state index contributed by atoms with van der Waals surface area (Å²) in [6.45, 7) is 1.95. The van der Waals surface area contributed by atoms with Crippen LogP contribution in [0.3, 0.4) is 0 Å². The number of nitrogens with zero attached hydrogens (tertiary/aromatic N) is 1. The summed E-state index contributed by atoms with van der Waals surface area (Å²) in [6, 6.07) is 1.81. The van der Waals surface area contributed by atoms with E-state index in [9.17, 15) is 8.42 Å². The first kappa shape index (κ1) is 10.9. The van der Waals surface area contributed by atoms with Crippen molar-refractivity contribution in [2.75, 3.05) is 0 Å². The first-order valence-electron chi connectivity index (χ1n) is 4.71. The maximum absolute atomic E-state index is 11.7. The van der Waals surface area contributed by atoms with E-state index in [0.29, 0.717) is 5.82 Å². The number of hydrogen-bond acceptors (Lipinski definition) is 3. The molecule has 0 unspecified atom stereocenters. The van der Waals surface area contributed by atoms with Gasteiger partial charge in [-0.2, -0.15) is 0 Å². The molecule has 0 atom stereocenters. The maximum Gasteiger partial charge on any atom is 0.257 e. The Morgan fingerprint density at radius 1 is 1.50 bits per heavy atom. The van der Waals surface area contributed by atoms with Gasteiger partial charge < -0.3 is 9.97 Å². The molecule has 6 nitrogen and oxygen atoms in total. The van der Waals surface area contributed by atoms with Crippen molar-refractivity contribution in [2.24, 2.45) is 0 Å². The van der Waals surface area contributed by atoms with Crippen molar-refractivity contribution < 1.29 is 8.42 Å². The fourth-order valence-corrected chi connectivity index (χ4v) is 2.25. The quantitative estimate of drug-likeness (QED) is 0.727. The van der Waals surface area contributed by atoms with E-state index in [4.69, 9.17) is 0 Å². The van der Waals surface area contributed by atoms with E-state index in [2.05, 4.69) is 19.7 Å². The average molecular weight is 240 g/mol. The summed E-state index contributed by atoms with van der Waals surface area (Å²) in [5.41, 5.74) is 0.875. The summed E-state index contributed by atoms with van der Waals surface area (Å²) in [5, 5.41) is 0.0838. The number of nitrogens with one attached hydrogen (secondary N) is 3. The molecule has 16 heavy (non-hydrogen) atoms. The van der Waals surface area contributed by atoms with E-state index in [-0.39, 0.29) is 11.6 Å². The molecule has 0 aliphatic heterocycles. The van der Waals surface area contributed by atoms with Crippen molar-refractivity contribution in [3.05, 3.63) is 36.0 Å². The fourth-order valence-electron chi connectivity index (χ4n) is 1.26. The van der Waals surface area contributed by atoms with Gasteiger partial charge >= 0.3 is 0 Å². The Hall–Kier alpha value is -1.60. The molecule has 2 heterocycles. The Balaban J connectivity index is 2.09.